The number of halogens is 1. The lowest BCUT2D eigenvalue weighted by Crippen LogP contribution is -2.44. The summed E-state index contributed by atoms with van der Waals surface area (Å²) >= 11 is 5.54. The average molecular weight is 277 g/mol. The van der Waals surface area contributed by atoms with E-state index >= 15 is 0 Å². The maximum atomic E-state index is 11.1. The van der Waals surface area contributed by atoms with Crippen LogP contribution in [0.25, 0.3) is 0 Å². The molecule has 0 aromatic rings. The molecule has 17 heavy (non-hydrogen) atoms. The van der Waals surface area contributed by atoms with Crippen molar-refractivity contribution in [3.05, 3.63) is 0 Å². The van der Waals surface area contributed by atoms with Crippen molar-refractivity contribution in [1.82, 2.24) is 0 Å². The van der Waals surface area contributed by atoms with Crippen LogP contribution in [0.4, 0.5) is 0 Å². The zero-order valence-electron chi connectivity index (χ0n) is 11.7. The van der Waals surface area contributed by atoms with Crippen LogP contribution in [0, 0.1) is 5.92 Å². The molecule has 1 fully saturated rings. The van der Waals surface area contributed by atoms with Crippen LogP contribution in [-0.2, 0) is 9.22 Å². The van der Waals surface area contributed by atoms with Crippen LogP contribution in [0.3, 0.4) is 0 Å². The van der Waals surface area contributed by atoms with Crippen LogP contribution in [0.2, 0.25) is 18.1 Å². The molecule has 0 spiro atoms. The summed E-state index contributed by atoms with van der Waals surface area (Å²) in [4.78, 5) is 11.1. The van der Waals surface area contributed by atoms with E-state index in [2.05, 4.69) is 33.9 Å². The highest BCUT2D eigenvalue weighted by molar-refractivity contribution is 6.74. The Labute approximate surface area is 111 Å². The van der Waals surface area contributed by atoms with E-state index < -0.39 is 8.32 Å². The summed E-state index contributed by atoms with van der Waals surface area (Å²) in [6.07, 6.45) is 4.08. The Balaban J connectivity index is 2.48. The lowest BCUT2D eigenvalue weighted by Gasteiger charge is -2.41. The van der Waals surface area contributed by atoms with E-state index in [0.717, 1.165) is 25.7 Å². The van der Waals surface area contributed by atoms with Crippen LogP contribution in [0.5, 0.6) is 0 Å². The normalized spacial score (nSPS) is 26.9. The van der Waals surface area contributed by atoms with Gasteiger partial charge in [-0.2, -0.15) is 0 Å². The minimum Gasteiger partial charge on any atom is -0.414 e. The Morgan fingerprint density at radius 3 is 2.00 bits per heavy atom. The highest BCUT2D eigenvalue weighted by Gasteiger charge is 2.40. The number of carbonyl (C=O) groups is 1. The van der Waals surface area contributed by atoms with Gasteiger partial charge in [0, 0.05) is 12.0 Å². The minimum atomic E-state index is -1.66. The van der Waals surface area contributed by atoms with E-state index in [1.807, 2.05) is 0 Å². The smallest absolute Gasteiger partial charge is 0.224 e. The molecule has 100 valence electrons. The molecule has 2 nitrogen and oxygen atoms in total. The summed E-state index contributed by atoms with van der Waals surface area (Å²) in [5.74, 6) is 0.0657. The molecule has 1 rings (SSSR count). The van der Waals surface area contributed by atoms with Gasteiger partial charge in [0.1, 0.15) is 0 Å². The molecule has 0 saturated heterocycles. The van der Waals surface area contributed by atoms with Gasteiger partial charge >= 0.3 is 0 Å². The van der Waals surface area contributed by atoms with Crippen LogP contribution >= 0.6 is 11.6 Å². The molecule has 0 N–H and O–H groups in total. The van der Waals surface area contributed by atoms with Gasteiger partial charge in [-0.25, -0.2) is 0 Å². The van der Waals surface area contributed by atoms with Crippen molar-refractivity contribution in [2.24, 2.45) is 5.92 Å². The zero-order valence-corrected chi connectivity index (χ0v) is 13.4. The van der Waals surface area contributed by atoms with E-state index in [1.165, 1.54) is 0 Å². The molecular weight excluding hydrogens is 252 g/mol. The molecule has 4 heteroatoms. The summed E-state index contributed by atoms with van der Waals surface area (Å²) in [5, 5.41) is 0.0855. The highest BCUT2D eigenvalue weighted by Crippen LogP contribution is 2.39. The molecule has 1 aliphatic carbocycles. The summed E-state index contributed by atoms with van der Waals surface area (Å²) < 4.78 is 6.36. The monoisotopic (exact) mass is 276 g/mol. The molecule has 0 unspecified atom stereocenters. The second-order valence-corrected chi connectivity index (χ2v) is 11.8. The maximum absolute atomic E-state index is 11.1. The molecule has 0 atom stereocenters. The zero-order chi connectivity index (χ0) is 13.3. The van der Waals surface area contributed by atoms with Gasteiger partial charge in [-0.05, 0) is 55.4 Å². The molecule has 1 saturated carbocycles. The third-order valence-corrected chi connectivity index (χ3v) is 9.11. The van der Waals surface area contributed by atoms with Crippen molar-refractivity contribution in [2.75, 3.05) is 0 Å². The van der Waals surface area contributed by atoms with E-state index in [0.29, 0.717) is 6.10 Å². The van der Waals surface area contributed by atoms with Crippen LogP contribution in [0.1, 0.15) is 46.5 Å². The summed E-state index contributed by atoms with van der Waals surface area (Å²) in [6.45, 7) is 11.3. The third kappa shape index (κ3) is 4.07. The standard InChI is InChI=1S/C13H25ClO2Si/c1-13(2,3)17(4,5)16-11-8-6-10(7-9-11)12(14)15/h10-11H,6-9H2,1-5H3/t10-,11+. The molecule has 0 heterocycles. The largest absolute Gasteiger partial charge is 0.414 e. The fourth-order valence-corrected chi connectivity index (χ4v) is 3.64. The number of rotatable bonds is 3. The Bertz CT molecular complexity index is 276. The molecule has 0 aromatic heterocycles. The highest BCUT2D eigenvalue weighted by atomic mass is 35.5. The second kappa shape index (κ2) is 5.41. The molecule has 0 aliphatic heterocycles. The van der Waals surface area contributed by atoms with E-state index in [9.17, 15) is 4.79 Å². The summed E-state index contributed by atoms with van der Waals surface area (Å²) in [6, 6.07) is 0. The van der Waals surface area contributed by atoms with Crippen molar-refractivity contribution in [1.29, 1.82) is 0 Å². The Morgan fingerprint density at radius 1 is 1.18 bits per heavy atom. The fourth-order valence-electron chi connectivity index (χ4n) is 2.00. The SMILES string of the molecule is CC(C)(C)[Si](C)(C)O[C@H]1CC[C@@H](C(=O)Cl)CC1. The van der Waals surface area contributed by atoms with Gasteiger partial charge in [0.15, 0.2) is 8.32 Å². The van der Waals surface area contributed by atoms with Crippen LogP contribution in [-0.4, -0.2) is 19.7 Å². The lowest BCUT2D eigenvalue weighted by atomic mass is 9.88. The van der Waals surface area contributed by atoms with Crippen LogP contribution in [0.15, 0.2) is 0 Å². The fraction of sp³-hybridized carbons (Fsp3) is 0.923. The summed E-state index contributed by atoms with van der Waals surface area (Å²) in [7, 11) is -1.66. The quantitative estimate of drug-likeness (QED) is 0.566. The maximum Gasteiger partial charge on any atom is 0.224 e. The first-order chi connectivity index (χ1) is 7.63. The van der Waals surface area contributed by atoms with E-state index in [1.54, 1.807) is 0 Å². The Hall–Kier alpha value is 0.137. The predicted molar refractivity (Wildman–Crippen MR) is 74.9 cm³/mol. The first kappa shape index (κ1) is 15.2. The van der Waals surface area contributed by atoms with Gasteiger partial charge in [0.25, 0.3) is 0 Å². The molecule has 0 amide bonds. The van der Waals surface area contributed by atoms with E-state index in [-0.39, 0.29) is 16.2 Å². The molecular formula is C13H25ClO2Si. The Morgan fingerprint density at radius 2 is 1.65 bits per heavy atom. The molecule has 1 aliphatic rings. The van der Waals surface area contributed by atoms with Gasteiger partial charge in [0.2, 0.25) is 5.24 Å². The predicted octanol–water partition coefficient (Wildman–Crippen LogP) is 4.33. The third-order valence-electron chi connectivity index (χ3n) is 4.26. The molecule has 0 radical (unpaired) electrons. The first-order valence-corrected chi connectivity index (χ1v) is 9.79. The van der Waals surface area contributed by atoms with Gasteiger partial charge < -0.3 is 4.43 Å². The van der Waals surface area contributed by atoms with Gasteiger partial charge in [-0.15, -0.1) is 0 Å². The molecule has 0 bridgehead atoms. The van der Waals surface area contributed by atoms with Gasteiger partial charge in [-0.1, -0.05) is 20.8 Å². The van der Waals surface area contributed by atoms with Crippen molar-refractivity contribution < 1.29 is 9.22 Å². The topological polar surface area (TPSA) is 26.3 Å². The van der Waals surface area contributed by atoms with Crippen molar-refractivity contribution in [3.63, 3.8) is 0 Å². The van der Waals surface area contributed by atoms with Gasteiger partial charge in [0.05, 0.1) is 0 Å². The number of hydrogen-bond acceptors (Lipinski definition) is 2. The lowest BCUT2D eigenvalue weighted by molar-refractivity contribution is -0.116. The van der Waals surface area contributed by atoms with Crippen molar-refractivity contribution in [2.45, 2.75) is 70.7 Å². The summed E-state index contributed by atoms with van der Waals surface area (Å²) in [5.41, 5.74) is 0. The first-order valence-electron chi connectivity index (χ1n) is 6.50. The van der Waals surface area contributed by atoms with Crippen molar-refractivity contribution in [3.8, 4) is 0 Å². The van der Waals surface area contributed by atoms with Gasteiger partial charge in [-0.3, -0.25) is 4.79 Å². The number of hydrogen-bond donors (Lipinski definition) is 0. The minimum absolute atomic E-state index is 0.0657. The Kier molecular flexibility index (Phi) is 4.84. The van der Waals surface area contributed by atoms with Crippen LogP contribution < -0.4 is 0 Å². The second-order valence-electron chi connectivity index (χ2n) is 6.66. The number of carbonyl (C=O) groups excluding carboxylic acids is 1. The van der Waals surface area contributed by atoms with Crippen molar-refractivity contribution >= 4 is 25.2 Å². The van der Waals surface area contributed by atoms with E-state index in [4.69, 9.17) is 16.0 Å². The average Bonchev–Trinajstić information content (AvgIpc) is 2.16. The molecule has 0 aromatic carbocycles.